The first kappa shape index (κ1) is 13.8. The highest BCUT2D eigenvalue weighted by Crippen LogP contribution is 2.34. The molecule has 0 atom stereocenters. The van der Waals surface area contributed by atoms with Crippen LogP contribution in [-0.2, 0) is 0 Å². The predicted molar refractivity (Wildman–Crippen MR) is 75.6 cm³/mol. The molecule has 5 heteroatoms. The number of amides is 1. The summed E-state index contributed by atoms with van der Waals surface area (Å²) in [6.07, 6.45) is 4.90. The Morgan fingerprint density at radius 2 is 2.16 bits per heavy atom. The van der Waals surface area contributed by atoms with Gasteiger partial charge in [0, 0.05) is 19.3 Å². The molecule has 1 aromatic rings. The minimum Gasteiger partial charge on any atom is -0.339 e. The fourth-order valence-corrected chi connectivity index (χ4v) is 2.39. The van der Waals surface area contributed by atoms with E-state index in [1.807, 2.05) is 4.90 Å². The van der Waals surface area contributed by atoms with E-state index in [-0.39, 0.29) is 5.91 Å². The molecule has 0 saturated carbocycles. The zero-order valence-corrected chi connectivity index (χ0v) is 11.6. The van der Waals surface area contributed by atoms with Gasteiger partial charge in [-0.15, -0.1) is 0 Å². The van der Waals surface area contributed by atoms with E-state index in [1.165, 1.54) is 6.42 Å². The predicted octanol–water partition coefficient (Wildman–Crippen LogP) is 2.02. The van der Waals surface area contributed by atoms with E-state index >= 15 is 0 Å². The molecule has 2 heterocycles. The average molecular weight is 262 g/mol. The van der Waals surface area contributed by atoms with Crippen LogP contribution >= 0.6 is 0 Å². The number of nitrogens with one attached hydrogen (secondary N) is 1. The molecule has 5 nitrogen and oxygen atoms in total. The van der Waals surface area contributed by atoms with Crippen molar-refractivity contribution in [3.05, 3.63) is 23.9 Å². The molecule has 1 aliphatic heterocycles. The van der Waals surface area contributed by atoms with Gasteiger partial charge in [0.15, 0.2) is 0 Å². The van der Waals surface area contributed by atoms with Crippen molar-refractivity contribution in [2.24, 2.45) is 11.3 Å². The largest absolute Gasteiger partial charge is 0.339 e. The molecule has 19 heavy (non-hydrogen) atoms. The summed E-state index contributed by atoms with van der Waals surface area (Å²) in [6, 6.07) is 3.48. The first-order chi connectivity index (χ1) is 9.08. The molecule has 1 fully saturated rings. The van der Waals surface area contributed by atoms with E-state index in [1.54, 1.807) is 18.3 Å². The summed E-state index contributed by atoms with van der Waals surface area (Å²) in [7, 11) is 0. The normalized spacial score (nSPS) is 18.2. The fourth-order valence-electron chi connectivity index (χ4n) is 2.39. The zero-order chi connectivity index (χ0) is 13.9. The van der Waals surface area contributed by atoms with Gasteiger partial charge in [-0.25, -0.2) is 10.8 Å². The number of rotatable bonds is 3. The SMILES string of the molecule is CCC1(C)CCN(C(=O)c2ccc(NN)nc2)CC1. The summed E-state index contributed by atoms with van der Waals surface area (Å²) in [5.74, 6) is 5.88. The van der Waals surface area contributed by atoms with E-state index in [4.69, 9.17) is 5.84 Å². The number of carbonyl (C=O) groups is 1. The van der Waals surface area contributed by atoms with Crippen LogP contribution in [0.5, 0.6) is 0 Å². The Balaban J connectivity index is 2.00. The molecule has 0 radical (unpaired) electrons. The molecule has 0 unspecified atom stereocenters. The van der Waals surface area contributed by atoms with Crippen LogP contribution in [0.25, 0.3) is 0 Å². The number of nitrogens with zero attached hydrogens (tertiary/aromatic N) is 2. The third-order valence-corrected chi connectivity index (χ3v) is 4.27. The van der Waals surface area contributed by atoms with Gasteiger partial charge in [0.25, 0.3) is 5.91 Å². The topological polar surface area (TPSA) is 71.2 Å². The van der Waals surface area contributed by atoms with Crippen LogP contribution < -0.4 is 11.3 Å². The zero-order valence-electron chi connectivity index (χ0n) is 11.6. The van der Waals surface area contributed by atoms with Crippen molar-refractivity contribution in [2.75, 3.05) is 18.5 Å². The van der Waals surface area contributed by atoms with Gasteiger partial charge < -0.3 is 10.3 Å². The second-order valence-corrected chi connectivity index (χ2v) is 5.53. The van der Waals surface area contributed by atoms with Gasteiger partial charge in [-0.3, -0.25) is 4.79 Å². The van der Waals surface area contributed by atoms with Crippen LogP contribution in [0, 0.1) is 5.41 Å². The minimum absolute atomic E-state index is 0.0641. The first-order valence-corrected chi connectivity index (χ1v) is 6.80. The van der Waals surface area contributed by atoms with Crippen molar-refractivity contribution < 1.29 is 4.79 Å². The van der Waals surface area contributed by atoms with Crippen LogP contribution in [-0.4, -0.2) is 28.9 Å². The maximum Gasteiger partial charge on any atom is 0.255 e. The van der Waals surface area contributed by atoms with Crippen molar-refractivity contribution in [2.45, 2.75) is 33.1 Å². The maximum absolute atomic E-state index is 12.3. The van der Waals surface area contributed by atoms with Crippen molar-refractivity contribution in [3.63, 3.8) is 0 Å². The number of nitrogens with two attached hydrogens (primary N) is 1. The molecule has 1 saturated heterocycles. The molecule has 0 bridgehead atoms. The number of anilines is 1. The summed E-state index contributed by atoms with van der Waals surface area (Å²) >= 11 is 0. The number of hydrazine groups is 1. The Labute approximate surface area is 114 Å². The van der Waals surface area contributed by atoms with E-state index < -0.39 is 0 Å². The number of piperidine rings is 1. The summed E-state index contributed by atoms with van der Waals surface area (Å²) in [4.78, 5) is 18.3. The summed E-state index contributed by atoms with van der Waals surface area (Å²) in [5, 5.41) is 0. The number of pyridine rings is 1. The Hall–Kier alpha value is -1.62. The highest BCUT2D eigenvalue weighted by molar-refractivity contribution is 5.94. The van der Waals surface area contributed by atoms with Gasteiger partial charge in [0.05, 0.1) is 5.56 Å². The Bertz CT molecular complexity index is 435. The molecule has 104 valence electrons. The first-order valence-electron chi connectivity index (χ1n) is 6.80. The number of carbonyl (C=O) groups excluding carboxylic acids is 1. The van der Waals surface area contributed by atoms with Crippen LogP contribution in [0.2, 0.25) is 0 Å². The third kappa shape index (κ3) is 3.04. The van der Waals surface area contributed by atoms with Gasteiger partial charge in [0.2, 0.25) is 0 Å². The number of likely N-dealkylation sites (tertiary alicyclic amines) is 1. The smallest absolute Gasteiger partial charge is 0.255 e. The average Bonchev–Trinajstić information content (AvgIpc) is 2.47. The van der Waals surface area contributed by atoms with Gasteiger partial charge in [-0.1, -0.05) is 20.3 Å². The van der Waals surface area contributed by atoms with Gasteiger partial charge >= 0.3 is 0 Å². The summed E-state index contributed by atoms with van der Waals surface area (Å²) in [6.45, 7) is 6.19. The number of aromatic nitrogens is 1. The Morgan fingerprint density at radius 1 is 1.47 bits per heavy atom. The molecule has 2 rings (SSSR count). The van der Waals surface area contributed by atoms with E-state index in [9.17, 15) is 4.79 Å². The molecule has 3 N–H and O–H groups in total. The van der Waals surface area contributed by atoms with Gasteiger partial charge in [-0.05, 0) is 30.4 Å². The van der Waals surface area contributed by atoms with Crippen molar-refractivity contribution in [1.29, 1.82) is 0 Å². The molecule has 0 aromatic carbocycles. The second kappa shape index (κ2) is 5.57. The van der Waals surface area contributed by atoms with E-state index in [0.29, 0.717) is 16.8 Å². The van der Waals surface area contributed by atoms with Crippen molar-refractivity contribution in [3.8, 4) is 0 Å². The van der Waals surface area contributed by atoms with Crippen molar-refractivity contribution >= 4 is 11.7 Å². The van der Waals surface area contributed by atoms with Crippen LogP contribution in [0.4, 0.5) is 5.82 Å². The highest BCUT2D eigenvalue weighted by atomic mass is 16.2. The molecular weight excluding hydrogens is 240 g/mol. The van der Waals surface area contributed by atoms with Crippen molar-refractivity contribution in [1.82, 2.24) is 9.88 Å². The monoisotopic (exact) mass is 262 g/mol. The molecule has 1 aromatic heterocycles. The maximum atomic E-state index is 12.3. The number of hydrogen-bond acceptors (Lipinski definition) is 4. The quantitative estimate of drug-likeness (QED) is 0.646. The Kier molecular flexibility index (Phi) is 4.04. The Morgan fingerprint density at radius 3 is 2.63 bits per heavy atom. The van der Waals surface area contributed by atoms with Crippen LogP contribution in [0.15, 0.2) is 18.3 Å². The number of hydrogen-bond donors (Lipinski definition) is 2. The second-order valence-electron chi connectivity index (χ2n) is 5.53. The standard InChI is InChI=1S/C14H22N4O/c1-3-14(2)6-8-18(9-7-14)13(19)11-4-5-12(17-15)16-10-11/h4-5,10H,3,6-9,15H2,1-2H3,(H,16,17). The third-order valence-electron chi connectivity index (χ3n) is 4.27. The molecule has 1 amide bonds. The van der Waals surface area contributed by atoms with Gasteiger partial charge in [0.1, 0.15) is 5.82 Å². The lowest BCUT2D eigenvalue weighted by Crippen LogP contribution is -2.42. The lowest BCUT2D eigenvalue weighted by Gasteiger charge is -2.38. The molecular formula is C14H22N4O. The number of nitrogen functional groups attached to an aromatic ring is 1. The molecule has 0 aliphatic carbocycles. The summed E-state index contributed by atoms with van der Waals surface area (Å²) < 4.78 is 0. The van der Waals surface area contributed by atoms with Gasteiger partial charge in [-0.2, -0.15) is 0 Å². The van der Waals surface area contributed by atoms with Crippen LogP contribution in [0.1, 0.15) is 43.5 Å². The summed E-state index contributed by atoms with van der Waals surface area (Å²) in [5.41, 5.74) is 3.47. The van der Waals surface area contributed by atoms with E-state index in [0.717, 1.165) is 25.9 Å². The molecule has 1 aliphatic rings. The van der Waals surface area contributed by atoms with Crippen LogP contribution in [0.3, 0.4) is 0 Å². The minimum atomic E-state index is 0.0641. The lowest BCUT2D eigenvalue weighted by atomic mass is 9.78. The fraction of sp³-hybridized carbons (Fsp3) is 0.571. The highest BCUT2D eigenvalue weighted by Gasteiger charge is 2.30. The van der Waals surface area contributed by atoms with E-state index in [2.05, 4.69) is 24.3 Å². The molecule has 0 spiro atoms. The lowest BCUT2D eigenvalue weighted by molar-refractivity contribution is 0.0600.